The number of nitrogens with zero attached hydrogens (tertiary/aromatic N) is 2. The molecule has 0 saturated heterocycles. The standard InChI is InChI=1S/C18H22Cl2FN5O.HI/c1-3-22-18(25-11-12-10-14(19)16(20)26(12)2)24-9-8-23-17(27)13-6-4-5-7-15(13)21;/h4-7,10H,3,8-9,11H2,1-2H3,(H,23,27)(H2,22,24,25);1H. The fraction of sp³-hybridized carbons (Fsp3) is 0.333. The van der Waals surface area contributed by atoms with Crippen LogP contribution in [0.5, 0.6) is 0 Å². The zero-order valence-corrected chi connectivity index (χ0v) is 19.4. The summed E-state index contributed by atoms with van der Waals surface area (Å²) in [6.45, 7) is 3.77. The van der Waals surface area contributed by atoms with Gasteiger partial charge >= 0.3 is 0 Å². The van der Waals surface area contributed by atoms with Gasteiger partial charge in [0.2, 0.25) is 0 Å². The molecule has 1 aromatic heterocycles. The van der Waals surface area contributed by atoms with Crippen LogP contribution in [-0.2, 0) is 13.6 Å². The predicted octanol–water partition coefficient (Wildman–Crippen LogP) is 3.57. The van der Waals surface area contributed by atoms with Crippen molar-refractivity contribution in [2.45, 2.75) is 13.5 Å². The Morgan fingerprint density at radius 3 is 2.46 bits per heavy atom. The van der Waals surface area contributed by atoms with Crippen LogP contribution < -0.4 is 16.0 Å². The first kappa shape index (κ1) is 24.5. The van der Waals surface area contributed by atoms with Crippen molar-refractivity contribution in [3.63, 3.8) is 0 Å². The average molecular weight is 542 g/mol. The highest BCUT2D eigenvalue weighted by atomic mass is 127. The smallest absolute Gasteiger partial charge is 0.254 e. The number of benzene rings is 1. The van der Waals surface area contributed by atoms with Gasteiger partial charge in [-0.15, -0.1) is 24.0 Å². The van der Waals surface area contributed by atoms with Crippen LogP contribution in [0.3, 0.4) is 0 Å². The Kier molecular flexibility index (Phi) is 10.6. The summed E-state index contributed by atoms with van der Waals surface area (Å²) in [6, 6.07) is 7.63. The predicted molar refractivity (Wildman–Crippen MR) is 122 cm³/mol. The highest BCUT2D eigenvalue weighted by Gasteiger charge is 2.10. The molecule has 0 aliphatic carbocycles. The lowest BCUT2D eigenvalue weighted by Crippen LogP contribution is -2.41. The molecule has 0 aliphatic heterocycles. The lowest BCUT2D eigenvalue weighted by Gasteiger charge is -2.12. The van der Waals surface area contributed by atoms with Gasteiger partial charge < -0.3 is 20.5 Å². The van der Waals surface area contributed by atoms with Crippen LogP contribution in [0.15, 0.2) is 35.3 Å². The maximum absolute atomic E-state index is 13.6. The topological polar surface area (TPSA) is 70.5 Å². The Hall–Kier alpha value is -1.52. The van der Waals surface area contributed by atoms with E-state index in [9.17, 15) is 9.18 Å². The maximum atomic E-state index is 13.6. The van der Waals surface area contributed by atoms with Crippen molar-refractivity contribution in [1.29, 1.82) is 0 Å². The summed E-state index contributed by atoms with van der Waals surface area (Å²) in [4.78, 5) is 16.4. The monoisotopic (exact) mass is 541 g/mol. The third-order valence-corrected chi connectivity index (χ3v) is 4.62. The molecule has 6 nitrogen and oxygen atoms in total. The number of guanidine groups is 1. The Balaban J connectivity index is 0.00000392. The van der Waals surface area contributed by atoms with Crippen LogP contribution in [-0.4, -0.2) is 36.1 Å². The summed E-state index contributed by atoms with van der Waals surface area (Å²) in [5.41, 5.74) is 0.894. The second-order valence-corrected chi connectivity index (χ2v) is 6.46. The molecule has 1 aromatic carbocycles. The molecule has 0 radical (unpaired) electrons. The quantitative estimate of drug-likeness (QED) is 0.217. The van der Waals surface area contributed by atoms with Gasteiger partial charge in [0, 0.05) is 32.4 Å². The Labute approximate surface area is 190 Å². The van der Waals surface area contributed by atoms with Crippen LogP contribution >= 0.6 is 47.2 Å². The van der Waals surface area contributed by atoms with E-state index in [1.165, 1.54) is 12.1 Å². The molecule has 2 rings (SSSR count). The van der Waals surface area contributed by atoms with Crippen molar-refractivity contribution in [3.05, 3.63) is 57.6 Å². The van der Waals surface area contributed by atoms with Gasteiger partial charge in [0.05, 0.1) is 17.1 Å². The summed E-state index contributed by atoms with van der Waals surface area (Å²) in [7, 11) is 1.82. The van der Waals surface area contributed by atoms with Crippen molar-refractivity contribution < 1.29 is 9.18 Å². The first-order chi connectivity index (χ1) is 12.9. The zero-order valence-electron chi connectivity index (χ0n) is 15.6. The minimum Gasteiger partial charge on any atom is -0.357 e. The van der Waals surface area contributed by atoms with Crippen molar-refractivity contribution >= 4 is 59.0 Å². The molecule has 0 unspecified atom stereocenters. The number of halogens is 4. The third kappa shape index (κ3) is 6.82. The van der Waals surface area contributed by atoms with Crippen LogP contribution in [0.25, 0.3) is 0 Å². The third-order valence-electron chi connectivity index (χ3n) is 3.78. The molecule has 0 aliphatic rings. The molecular formula is C18H23Cl2FIN5O. The number of carbonyl (C=O) groups is 1. The van der Waals surface area contributed by atoms with E-state index in [1.807, 2.05) is 14.0 Å². The van der Waals surface area contributed by atoms with Crippen LogP contribution in [0.2, 0.25) is 10.2 Å². The normalized spacial score (nSPS) is 11.0. The summed E-state index contributed by atoms with van der Waals surface area (Å²) in [5, 5.41) is 9.84. The molecule has 1 amide bonds. The number of amides is 1. The van der Waals surface area contributed by atoms with Gasteiger partial charge in [-0.2, -0.15) is 0 Å². The Morgan fingerprint density at radius 2 is 1.86 bits per heavy atom. The number of rotatable bonds is 7. The molecule has 1 heterocycles. The molecule has 0 fully saturated rings. The van der Waals surface area contributed by atoms with E-state index >= 15 is 0 Å². The van der Waals surface area contributed by atoms with Gasteiger partial charge in [-0.25, -0.2) is 9.38 Å². The molecule has 154 valence electrons. The summed E-state index contributed by atoms with van der Waals surface area (Å²) in [5.74, 6) is -0.409. The Bertz CT molecular complexity index is 828. The Morgan fingerprint density at radius 1 is 1.18 bits per heavy atom. The molecule has 0 bridgehead atoms. The SMILES string of the molecule is CCNC(=NCc1cc(Cl)c(Cl)n1C)NCCNC(=O)c1ccccc1F.I. The molecular weight excluding hydrogens is 519 g/mol. The molecule has 2 aromatic rings. The number of hydrogen-bond donors (Lipinski definition) is 3. The average Bonchev–Trinajstić information content (AvgIpc) is 2.90. The molecule has 0 spiro atoms. The second-order valence-electron chi connectivity index (χ2n) is 5.69. The number of aromatic nitrogens is 1. The first-order valence-corrected chi connectivity index (χ1v) is 9.24. The summed E-state index contributed by atoms with van der Waals surface area (Å²) >= 11 is 12.1. The van der Waals surface area contributed by atoms with Gasteiger partial charge in [0.1, 0.15) is 11.0 Å². The molecule has 3 N–H and O–H groups in total. The van der Waals surface area contributed by atoms with Crippen LogP contribution in [0.1, 0.15) is 23.0 Å². The van der Waals surface area contributed by atoms with E-state index in [1.54, 1.807) is 22.8 Å². The number of hydrogen-bond acceptors (Lipinski definition) is 2. The largest absolute Gasteiger partial charge is 0.357 e. The summed E-state index contributed by atoms with van der Waals surface area (Å²) in [6.07, 6.45) is 0. The van der Waals surface area contributed by atoms with Crippen LogP contribution in [0, 0.1) is 5.82 Å². The lowest BCUT2D eigenvalue weighted by atomic mass is 10.2. The van der Waals surface area contributed by atoms with E-state index in [0.717, 1.165) is 5.69 Å². The molecule has 0 atom stereocenters. The maximum Gasteiger partial charge on any atom is 0.254 e. The van der Waals surface area contributed by atoms with Crippen molar-refractivity contribution in [1.82, 2.24) is 20.5 Å². The highest BCUT2D eigenvalue weighted by Crippen LogP contribution is 2.25. The second kappa shape index (κ2) is 12.1. The highest BCUT2D eigenvalue weighted by molar-refractivity contribution is 14.0. The van der Waals surface area contributed by atoms with E-state index in [4.69, 9.17) is 23.2 Å². The van der Waals surface area contributed by atoms with E-state index in [2.05, 4.69) is 20.9 Å². The number of carbonyl (C=O) groups excluding carboxylic acids is 1. The zero-order chi connectivity index (χ0) is 19.8. The first-order valence-electron chi connectivity index (χ1n) is 8.48. The van der Waals surface area contributed by atoms with Gasteiger partial charge in [0.25, 0.3) is 5.91 Å². The molecule has 0 saturated carbocycles. The van der Waals surface area contributed by atoms with E-state index in [0.29, 0.717) is 42.3 Å². The fourth-order valence-corrected chi connectivity index (χ4v) is 2.76. The molecule has 10 heteroatoms. The van der Waals surface area contributed by atoms with Gasteiger partial charge in [-0.1, -0.05) is 35.3 Å². The van der Waals surface area contributed by atoms with E-state index in [-0.39, 0.29) is 29.5 Å². The summed E-state index contributed by atoms with van der Waals surface area (Å²) < 4.78 is 15.3. The fourth-order valence-electron chi connectivity index (χ4n) is 2.34. The minimum absolute atomic E-state index is 0. The van der Waals surface area contributed by atoms with Crippen molar-refractivity contribution in [2.75, 3.05) is 19.6 Å². The number of nitrogens with one attached hydrogen (secondary N) is 3. The molecule has 28 heavy (non-hydrogen) atoms. The minimum atomic E-state index is -0.544. The van der Waals surface area contributed by atoms with Gasteiger partial charge in [-0.3, -0.25) is 4.79 Å². The number of aliphatic imine (C=N–C) groups is 1. The van der Waals surface area contributed by atoms with Gasteiger partial charge in [-0.05, 0) is 25.1 Å². The van der Waals surface area contributed by atoms with Gasteiger partial charge in [0.15, 0.2) is 5.96 Å². The van der Waals surface area contributed by atoms with Crippen molar-refractivity contribution in [3.8, 4) is 0 Å². The lowest BCUT2D eigenvalue weighted by molar-refractivity contribution is 0.0950. The van der Waals surface area contributed by atoms with Crippen molar-refractivity contribution in [2.24, 2.45) is 12.0 Å². The van der Waals surface area contributed by atoms with Crippen LogP contribution in [0.4, 0.5) is 4.39 Å². The van der Waals surface area contributed by atoms with E-state index < -0.39 is 11.7 Å².